The molecule has 1 aliphatic heterocycles. The molecule has 30 heavy (non-hydrogen) atoms. The Bertz CT molecular complexity index is 990. The highest BCUT2D eigenvalue weighted by Gasteiger charge is 2.36. The number of aliphatic hydroxyl groups is 1. The van der Waals surface area contributed by atoms with Gasteiger partial charge in [-0.1, -0.05) is 23.3 Å². The predicted molar refractivity (Wildman–Crippen MR) is 99.9 cm³/mol. The van der Waals surface area contributed by atoms with E-state index in [0.29, 0.717) is 13.0 Å². The zero-order valence-electron chi connectivity index (χ0n) is 15.7. The van der Waals surface area contributed by atoms with Crippen LogP contribution in [0.4, 0.5) is 19.2 Å². The van der Waals surface area contributed by atoms with E-state index >= 15 is 0 Å². The first-order chi connectivity index (χ1) is 14.3. The molecule has 1 fully saturated rings. The van der Waals surface area contributed by atoms with Gasteiger partial charge in [-0.3, -0.25) is 9.78 Å². The summed E-state index contributed by atoms with van der Waals surface area (Å²) in [6.07, 6.45) is -3.96. The van der Waals surface area contributed by atoms with Gasteiger partial charge in [-0.2, -0.15) is 13.2 Å². The second kappa shape index (κ2) is 9.08. The molecule has 1 aliphatic rings. The van der Waals surface area contributed by atoms with Crippen LogP contribution >= 0.6 is 0 Å². The number of benzene rings is 1. The Hall–Kier alpha value is -3.21. The van der Waals surface area contributed by atoms with Crippen LogP contribution in [0.25, 0.3) is 10.9 Å². The Labute approximate surface area is 169 Å². The Kier molecular flexibility index (Phi) is 6.50. The van der Waals surface area contributed by atoms with E-state index in [2.05, 4.69) is 15.2 Å². The molecule has 0 bridgehead atoms. The number of alkyl halides is 3. The molecule has 3 heterocycles. The third-order valence-corrected chi connectivity index (χ3v) is 4.71. The maximum Gasteiger partial charge on any atom is 0.397 e. The van der Waals surface area contributed by atoms with Gasteiger partial charge in [-0.25, -0.2) is 0 Å². The van der Waals surface area contributed by atoms with Crippen molar-refractivity contribution in [3.8, 4) is 0 Å². The van der Waals surface area contributed by atoms with Crippen molar-refractivity contribution >= 4 is 23.4 Å². The molecule has 3 aromatic rings. The number of pyridine rings is 1. The molecule has 1 saturated heterocycles. The maximum atomic E-state index is 12.4. The number of carbonyl (C=O) groups is 1. The van der Waals surface area contributed by atoms with Crippen LogP contribution in [0.2, 0.25) is 0 Å². The number of β-amino-alcohol motifs (C(OH)–C–C–N with tert-alkyl or cyclic N) is 1. The predicted octanol–water partition coefficient (Wildman–Crippen LogP) is 2.46. The molecule has 11 heteroatoms. The fraction of sp³-hybridized carbons (Fsp3) is 0.368. The van der Waals surface area contributed by atoms with E-state index in [1.54, 1.807) is 11.1 Å². The number of hydrogen-bond acceptors (Lipinski definition) is 7. The Morgan fingerprint density at radius 1 is 1.20 bits per heavy atom. The Balaban J connectivity index is 0.000000806. The van der Waals surface area contributed by atoms with Crippen LogP contribution in [0.15, 0.2) is 40.9 Å². The van der Waals surface area contributed by atoms with Crippen molar-refractivity contribution in [3.63, 3.8) is 0 Å². The molecule has 0 saturated carbocycles. The van der Waals surface area contributed by atoms with Crippen LogP contribution in [-0.2, 0) is 17.6 Å². The molecule has 4 rings (SSSR count). The number of halogens is 3. The third-order valence-electron chi connectivity index (χ3n) is 4.71. The second-order valence-electron chi connectivity index (χ2n) is 6.80. The number of aliphatic hydroxyl groups excluding tert-OH is 1. The lowest BCUT2D eigenvalue weighted by molar-refractivity contribution is -0.130. The van der Waals surface area contributed by atoms with Crippen LogP contribution in [0.1, 0.15) is 11.5 Å². The molecule has 160 valence electrons. The molecule has 8 nitrogen and oxygen atoms in total. The van der Waals surface area contributed by atoms with Crippen molar-refractivity contribution in [2.45, 2.75) is 25.1 Å². The van der Waals surface area contributed by atoms with Crippen LogP contribution in [0.5, 0.6) is 0 Å². The summed E-state index contributed by atoms with van der Waals surface area (Å²) in [6, 6.07) is 9.70. The molecule has 2 N–H and O–H groups in total. The van der Waals surface area contributed by atoms with Gasteiger partial charge in [0.1, 0.15) is 6.42 Å². The fourth-order valence-electron chi connectivity index (χ4n) is 3.44. The molecular formula is C19H19F3N4O4. The average molecular weight is 424 g/mol. The van der Waals surface area contributed by atoms with Crippen LogP contribution in [-0.4, -0.2) is 57.2 Å². The number of aromatic nitrogens is 3. The summed E-state index contributed by atoms with van der Waals surface area (Å²) in [4.78, 5) is 14.3. The monoisotopic (exact) mass is 424 g/mol. The number of hydrogen-bond donors (Lipinski definition) is 2. The average Bonchev–Trinajstić information content (AvgIpc) is 3.28. The van der Waals surface area contributed by atoms with Gasteiger partial charge in [-0.15, -0.1) is 5.10 Å². The van der Waals surface area contributed by atoms with Crippen molar-refractivity contribution in [2.24, 2.45) is 5.92 Å². The zero-order valence-corrected chi connectivity index (χ0v) is 15.7. The largest absolute Gasteiger partial charge is 0.483 e. The van der Waals surface area contributed by atoms with Gasteiger partial charge in [0, 0.05) is 30.6 Å². The molecule has 1 aromatic carbocycles. The lowest BCUT2D eigenvalue weighted by Crippen LogP contribution is -2.21. The van der Waals surface area contributed by atoms with Gasteiger partial charge in [0.2, 0.25) is 5.89 Å². The molecule has 0 aliphatic carbocycles. The first kappa shape index (κ1) is 21.5. The molecule has 0 amide bonds. The number of nitrogens with zero attached hydrogens (tertiary/aromatic N) is 4. The van der Waals surface area contributed by atoms with E-state index < -0.39 is 24.6 Å². The van der Waals surface area contributed by atoms with Gasteiger partial charge < -0.3 is 19.5 Å². The van der Waals surface area contributed by atoms with Crippen LogP contribution in [0.3, 0.4) is 0 Å². The number of rotatable bonds is 4. The van der Waals surface area contributed by atoms with Crippen molar-refractivity contribution < 1.29 is 32.6 Å². The lowest BCUT2D eigenvalue weighted by atomic mass is 9.94. The smallest absolute Gasteiger partial charge is 0.397 e. The van der Waals surface area contributed by atoms with E-state index in [9.17, 15) is 18.3 Å². The first-order valence-corrected chi connectivity index (χ1v) is 9.03. The van der Waals surface area contributed by atoms with Gasteiger partial charge >= 0.3 is 12.2 Å². The molecule has 0 radical (unpaired) electrons. The van der Waals surface area contributed by atoms with Crippen molar-refractivity contribution in [2.75, 3.05) is 18.0 Å². The lowest BCUT2D eigenvalue weighted by Gasteiger charge is -2.15. The van der Waals surface area contributed by atoms with Crippen LogP contribution in [0, 0.1) is 5.92 Å². The standard InChI is InChI=1S/C18H17F3N4O2.CH2O2/c19-18(20,21)8-16-23-24-17(27-16)25-9-12(15(26)10-25)7-11-5-6-22-14-4-2-1-3-13(11)14;2-1-3/h1-6,12,15,26H,7-10H2;1H,(H,2,3)/t12-,15+;/m1./s1. The van der Waals surface area contributed by atoms with Crippen molar-refractivity contribution in [3.05, 3.63) is 48.0 Å². The Morgan fingerprint density at radius 3 is 2.67 bits per heavy atom. The van der Waals surface area contributed by atoms with E-state index in [1.165, 1.54) is 0 Å². The van der Waals surface area contributed by atoms with E-state index in [0.717, 1.165) is 16.5 Å². The summed E-state index contributed by atoms with van der Waals surface area (Å²) in [5.74, 6) is -0.579. The topological polar surface area (TPSA) is 113 Å². The Morgan fingerprint density at radius 2 is 1.93 bits per heavy atom. The molecule has 0 spiro atoms. The number of fused-ring (bicyclic) bond motifs is 1. The van der Waals surface area contributed by atoms with E-state index in [1.807, 2.05) is 30.3 Å². The number of para-hydroxylation sites is 1. The maximum absolute atomic E-state index is 12.4. The number of anilines is 1. The summed E-state index contributed by atoms with van der Waals surface area (Å²) in [5.41, 5.74) is 1.95. The van der Waals surface area contributed by atoms with Gasteiger partial charge in [0.15, 0.2) is 0 Å². The first-order valence-electron chi connectivity index (χ1n) is 9.03. The highest BCUT2D eigenvalue weighted by molar-refractivity contribution is 5.81. The highest BCUT2D eigenvalue weighted by Crippen LogP contribution is 2.29. The van der Waals surface area contributed by atoms with E-state index in [-0.39, 0.29) is 24.9 Å². The van der Waals surface area contributed by atoms with E-state index in [4.69, 9.17) is 14.3 Å². The highest BCUT2D eigenvalue weighted by atomic mass is 19.4. The van der Waals surface area contributed by atoms with Crippen molar-refractivity contribution in [1.82, 2.24) is 15.2 Å². The normalized spacial score (nSPS) is 18.9. The minimum Gasteiger partial charge on any atom is -0.483 e. The SMILES string of the molecule is O=CO.O[C@H]1CN(c2nnc(CC(F)(F)F)o2)C[C@H]1Cc1ccnc2ccccc12. The summed E-state index contributed by atoms with van der Waals surface area (Å²) in [7, 11) is 0. The van der Waals surface area contributed by atoms with Gasteiger partial charge in [-0.05, 0) is 24.1 Å². The minimum atomic E-state index is -4.40. The van der Waals surface area contributed by atoms with Gasteiger partial charge in [0.25, 0.3) is 6.47 Å². The van der Waals surface area contributed by atoms with Gasteiger partial charge in [0.05, 0.1) is 11.6 Å². The zero-order chi connectivity index (χ0) is 21.7. The quantitative estimate of drug-likeness (QED) is 0.615. The molecular weight excluding hydrogens is 405 g/mol. The minimum absolute atomic E-state index is 0.00962. The van der Waals surface area contributed by atoms with Crippen molar-refractivity contribution in [1.29, 1.82) is 0 Å². The summed E-state index contributed by atoms with van der Waals surface area (Å²) in [5, 5.41) is 25.5. The fourth-order valence-corrected chi connectivity index (χ4v) is 3.44. The van der Waals surface area contributed by atoms with Crippen LogP contribution < -0.4 is 4.90 Å². The summed E-state index contributed by atoms with van der Waals surface area (Å²) >= 11 is 0. The molecule has 2 atom stereocenters. The molecule has 0 unspecified atom stereocenters. The summed E-state index contributed by atoms with van der Waals surface area (Å²) in [6.45, 7) is 0.410. The second-order valence-corrected chi connectivity index (χ2v) is 6.80. The summed E-state index contributed by atoms with van der Waals surface area (Å²) < 4.78 is 42.4. The molecule has 2 aromatic heterocycles. The third kappa shape index (κ3) is 5.23. The number of carboxylic acid groups (broad SMARTS) is 1.